The van der Waals surface area contributed by atoms with Crippen LogP contribution in [0, 0.1) is 0 Å². The molecule has 6 nitrogen and oxygen atoms in total. The predicted molar refractivity (Wildman–Crippen MR) is 89.1 cm³/mol. The molecule has 0 radical (unpaired) electrons. The first-order valence-corrected chi connectivity index (χ1v) is 9.49. The van der Waals surface area contributed by atoms with E-state index in [0.29, 0.717) is 17.1 Å². The van der Waals surface area contributed by atoms with Gasteiger partial charge in [0.15, 0.2) is 0 Å². The fraction of sp³-hybridized carbons (Fsp3) is 0.200. The molecule has 1 heterocycles. The average molecular weight is 352 g/mol. The lowest BCUT2D eigenvalue weighted by atomic mass is 10.2. The average Bonchev–Trinajstić information content (AvgIpc) is 2.55. The van der Waals surface area contributed by atoms with Gasteiger partial charge in [-0.05, 0) is 42.2 Å². The molecule has 0 aliphatic carbocycles. The molecule has 0 aliphatic heterocycles. The largest absolute Gasteiger partial charge is 0.497 e. The number of rotatable bonds is 6. The Morgan fingerprint density at radius 2 is 1.96 bits per heavy atom. The molecule has 0 bridgehead atoms. The van der Waals surface area contributed by atoms with Crippen LogP contribution < -0.4 is 9.46 Å². The Morgan fingerprint density at radius 3 is 2.57 bits per heavy atom. The summed E-state index contributed by atoms with van der Waals surface area (Å²) in [5, 5.41) is 0. The van der Waals surface area contributed by atoms with Crippen LogP contribution in [0.4, 0.5) is 0 Å². The smallest absolute Gasteiger partial charge is 0.283 e. The molecule has 0 saturated heterocycles. The molecule has 8 heteroatoms. The SMILES string of the molecule is COc1ccc(S(=O)(=O)NC(=O)c2ncccc2CSC)cc1. The van der Waals surface area contributed by atoms with Crippen LogP contribution in [-0.2, 0) is 15.8 Å². The van der Waals surface area contributed by atoms with Crippen molar-refractivity contribution in [1.29, 1.82) is 0 Å². The van der Waals surface area contributed by atoms with Crippen molar-refractivity contribution in [3.05, 3.63) is 53.9 Å². The first-order valence-electron chi connectivity index (χ1n) is 6.62. The van der Waals surface area contributed by atoms with E-state index in [0.717, 1.165) is 0 Å². The molecular weight excluding hydrogens is 336 g/mol. The van der Waals surface area contributed by atoms with E-state index in [4.69, 9.17) is 4.74 Å². The molecule has 0 atom stereocenters. The normalized spacial score (nSPS) is 11.0. The van der Waals surface area contributed by atoms with E-state index < -0.39 is 15.9 Å². The molecule has 0 saturated carbocycles. The molecular formula is C15H16N2O4S2. The van der Waals surface area contributed by atoms with Gasteiger partial charge in [0.2, 0.25) is 0 Å². The highest BCUT2D eigenvalue weighted by Crippen LogP contribution is 2.17. The number of carbonyl (C=O) groups excluding carboxylic acids is 1. The number of methoxy groups -OCH3 is 1. The zero-order chi connectivity index (χ0) is 16.9. The maximum Gasteiger partial charge on any atom is 0.283 e. The van der Waals surface area contributed by atoms with Gasteiger partial charge in [-0.3, -0.25) is 9.78 Å². The van der Waals surface area contributed by atoms with Crippen molar-refractivity contribution in [2.24, 2.45) is 0 Å². The van der Waals surface area contributed by atoms with Gasteiger partial charge < -0.3 is 4.74 Å². The standard InChI is InChI=1S/C15H16N2O4S2/c1-21-12-5-7-13(8-6-12)23(19,20)17-15(18)14-11(10-22-2)4-3-9-16-14/h3-9H,10H2,1-2H3,(H,17,18). The molecule has 1 aromatic heterocycles. The van der Waals surface area contributed by atoms with Gasteiger partial charge in [-0.25, -0.2) is 13.1 Å². The van der Waals surface area contributed by atoms with Gasteiger partial charge in [-0.15, -0.1) is 0 Å². The fourth-order valence-corrected chi connectivity index (χ4v) is 3.40. The Bertz CT molecular complexity index is 789. The number of carbonyl (C=O) groups is 1. The van der Waals surface area contributed by atoms with E-state index in [9.17, 15) is 13.2 Å². The van der Waals surface area contributed by atoms with Crippen LogP contribution in [0.15, 0.2) is 47.5 Å². The number of aromatic nitrogens is 1. The van der Waals surface area contributed by atoms with Gasteiger partial charge >= 0.3 is 0 Å². The van der Waals surface area contributed by atoms with Crippen molar-refractivity contribution in [2.75, 3.05) is 13.4 Å². The lowest BCUT2D eigenvalue weighted by Crippen LogP contribution is -2.31. The van der Waals surface area contributed by atoms with Gasteiger partial charge in [0, 0.05) is 11.9 Å². The van der Waals surface area contributed by atoms with Crippen LogP contribution in [-0.4, -0.2) is 32.7 Å². The fourth-order valence-electron chi connectivity index (χ4n) is 1.90. The zero-order valence-electron chi connectivity index (χ0n) is 12.6. The quantitative estimate of drug-likeness (QED) is 0.857. The number of sulfonamides is 1. The summed E-state index contributed by atoms with van der Waals surface area (Å²) in [5.41, 5.74) is 0.793. The number of nitrogens with zero attached hydrogens (tertiary/aromatic N) is 1. The molecule has 1 aromatic carbocycles. The number of nitrogens with one attached hydrogen (secondary N) is 1. The van der Waals surface area contributed by atoms with Crippen LogP contribution in [0.2, 0.25) is 0 Å². The van der Waals surface area contributed by atoms with Crippen LogP contribution in [0.3, 0.4) is 0 Å². The number of hydrogen-bond donors (Lipinski definition) is 1. The number of hydrogen-bond acceptors (Lipinski definition) is 6. The lowest BCUT2D eigenvalue weighted by Gasteiger charge is -2.09. The second-order valence-electron chi connectivity index (χ2n) is 4.55. The second-order valence-corrected chi connectivity index (χ2v) is 7.10. The van der Waals surface area contributed by atoms with Crippen molar-refractivity contribution in [1.82, 2.24) is 9.71 Å². The van der Waals surface area contributed by atoms with Crippen LogP contribution in [0.1, 0.15) is 16.1 Å². The minimum atomic E-state index is -3.97. The number of thioether (sulfide) groups is 1. The highest BCUT2D eigenvalue weighted by molar-refractivity contribution is 7.97. The van der Waals surface area contributed by atoms with E-state index in [1.54, 1.807) is 12.1 Å². The van der Waals surface area contributed by atoms with E-state index in [1.165, 1.54) is 49.3 Å². The summed E-state index contributed by atoms with van der Waals surface area (Å²) in [6.45, 7) is 0. The van der Waals surface area contributed by atoms with Crippen molar-refractivity contribution in [3.63, 3.8) is 0 Å². The molecule has 2 rings (SSSR count). The summed E-state index contributed by atoms with van der Waals surface area (Å²) in [6.07, 6.45) is 3.35. The summed E-state index contributed by atoms with van der Waals surface area (Å²) >= 11 is 1.52. The van der Waals surface area contributed by atoms with Crippen molar-refractivity contribution < 1.29 is 17.9 Å². The van der Waals surface area contributed by atoms with E-state index >= 15 is 0 Å². The van der Waals surface area contributed by atoms with Gasteiger partial charge in [0.05, 0.1) is 12.0 Å². The van der Waals surface area contributed by atoms with Gasteiger partial charge in [-0.2, -0.15) is 11.8 Å². The highest BCUT2D eigenvalue weighted by atomic mass is 32.2. The van der Waals surface area contributed by atoms with E-state index in [2.05, 4.69) is 4.98 Å². The van der Waals surface area contributed by atoms with E-state index in [-0.39, 0.29) is 10.6 Å². The lowest BCUT2D eigenvalue weighted by molar-refractivity contribution is 0.0976. The molecule has 0 aliphatic rings. The Balaban J connectivity index is 2.24. The van der Waals surface area contributed by atoms with Crippen LogP contribution in [0.5, 0.6) is 5.75 Å². The van der Waals surface area contributed by atoms with Crippen LogP contribution in [0.25, 0.3) is 0 Å². The molecule has 1 N–H and O–H groups in total. The van der Waals surface area contributed by atoms with Gasteiger partial charge in [0.1, 0.15) is 11.4 Å². The number of pyridine rings is 1. The molecule has 2 aromatic rings. The Morgan fingerprint density at radius 1 is 1.26 bits per heavy atom. The first kappa shape index (κ1) is 17.3. The summed E-state index contributed by atoms with van der Waals surface area (Å²) in [4.78, 5) is 16.2. The predicted octanol–water partition coefficient (Wildman–Crippen LogP) is 2.07. The molecule has 0 fully saturated rings. The van der Waals surface area contributed by atoms with Crippen molar-refractivity contribution in [3.8, 4) is 5.75 Å². The third-order valence-electron chi connectivity index (χ3n) is 3.00. The summed E-state index contributed by atoms with van der Waals surface area (Å²) < 4.78 is 31.6. The summed E-state index contributed by atoms with van der Waals surface area (Å²) in [6, 6.07) is 9.22. The minimum absolute atomic E-state index is 0.0194. The third kappa shape index (κ3) is 4.23. The number of amides is 1. The molecule has 1 amide bonds. The minimum Gasteiger partial charge on any atom is -0.497 e. The Labute approximate surface area is 139 Å². The molecule has 23 heavy (non-hydrogen) atoms. The topological polar surface area (TPSA) is 85.4 Å². The van der Waals surface area contributed by atoms with Crippen LogP contribution >= 0.6 is 11.8 Å². The third-order valence-corrected chi connectivity index (χ3v) is 4.95. The second kappa shape index (κ2) is 7.47. The maximum absolute atomic E-state index is 12.3. The highest BCUT2D eigenvalue weighted by Gasteiger charge is 2.21. The van der Waals surface area contributed by atoms with E-state index in [1.807, 2.05) is 11.0 Å². The Kier molecular flexibility index (Phi) is 5.62. The molecule has 122 valence electrons. The van der Waals surface area contributed by atoms with Crippen molar-refractivity contribution >= 4 is 27.7 Å². The molecule has 0 spiro atoms. The first-order chi connectivity index (χ1) is 11.0. The maximum atomic E-state index is 12.3. The number of benzene rings is 1. The van der Waals surface area contributed by atoms with Crippen molar-refractivity contribution in [2.45, 2.75) is 10.6 Å². The van der Waals surface area contributed by atoms with Gasteiger partial charge in [0.25, 0.3) is 15.9 Å². The zero-order valence-corrected chi connectivity index (χ0v) is 14.3. The molecule has 0 unspecified atom stereocenters. The number of ether oxygens (including phenoxy) is 1. The summed E-state index contributed by atoms with van der Waals surface area (Å²) in [5.74, 6) is 0.354. The Hall–Kier alpha value is -2.06. The van der Waals surface area contributed by atoms with Gasteiger partial charge in [-0.1, -0.05) is 6.07 Å². The summed E-state index contributed by atoms with van der Waals surface area (Å²) in [7, 11) is -2.48. The monoisotopic (exact) mass is 352 g/mol.